The zero-order chi connectivity index (χ0) is 14.7. The number of aryl methyl sites for hydroxylation is 1. The van der Waals surface area contributed by atoms with Crippen molar-refractivity contribution >= 4 is 27.7 Å². The van der Waals surface area contributed by atoms with Gasteiger partial charge in [0.15, 0.2) is 0 Å². The molecule has 0 saturated carbocycles. The minimum atomic E-state index is -0.596. The van der Waals surface area contributed by atoms with Crippen LogP contribution in [-0.2, 0) is 0 Å². The number of phenols is 1. The molecule has 4 N–H and O–H groups in total. The highest BCUT2D eigenvalue weighted by molar-refractivity contribution is 9.10. The maximum atomic E-state index is 11.8. The van der Waals surface area contributed by atoms with Crippen LogP contribution in [0.25, 0.3) is 0 Å². The second kappa shape index (κ2) is 5.79. The average Bonchev–Trinajstić information content (AvgIpc) is 2.82. The van der Waals surface area contributed by atoms with Gasteiger partial charge >= 0.3 is 0 Å². The van der Waals surface area contributed by atoms with Crippen LogP contribution in [-0.4, -0.2) is 21.9 Å². The number of amides is 2. The molecule has 1 aromatic carbocycles. The molecule has 2 aromatic rings. The summed E-state index contributed by atoms with van der Waals surface area (Å²) in [5.41, 5.74) is 5.70. The molecule has 7 heteroatoms. The highest BCUT2D eigenvalue weighted by Gasteiger charge is 2.13. The smallest absolute Gasteiger partial charge is 0.286 e. The maximum Gasteiger partial charge on any atom is 0.286 e. The van der Waals surface area contributed by atoms with E-state index < -0.39 is 11.8 Å². The van der Waals surface area contributed by atoms with E-state index in [1.54, 1.807) is 25.3 Å². The van der Waals surface area contributed by atoms with E-state index in [9.17, 15) is 14.7 Å². The van der Waals surface area contributed by atoms with Gasteiger partial charge in [0.2, 0.25) is 0 Å². The van der Waals surface area contributed by atoms with Crippen LogP contribution in [0.5, 0.6) is 5.75 Å². The van der Waals surface area contributed by atoms with Crippen LogP contribution < -0.4 is 10.9 Å². The molecule has 1 aromatic heterocycles. The van der Waals surface area contributed by atoms with Crippen LogP contribution >= 0.6 is 15.9 Å². The van der Waals surface area contributed by atoms with Gasteiger partial charge in [-0.15, -0.1) is 0 Å². The maximum absolute atomic E-state index is 11.8. The predicted molar refractivity (Wildman–Crippen MR) is 76.3 cm³/mol. The molecule has 0 spiro atoms. The standard InChI is InChI=1S/C13H12BrN3O3/c1-7-2-3-9(11(18)4-7)12(19)16-17-13(20)10-5-8(14)6-15-10/h2-6,15,18H,1H3,(H,16,19)(H,17,20). The Morgan fingerprint density at radius 1 is 1.20 bits per heavy atom. The number of aromatic amines is 1. The van der Waals surface area contributed by atoms with E-state index in [0.717, 1.165) is 10.0 Å². The number of hydrogen-bond donors (Lipinski definition) is 4. The predicted octanol–water partition coefficient (Wildman–Crippen LogP) is 1.87. The second-order valence-electron chi connectivity index (χ2n) is 4.16. The lowest BCUT2D eigenvalue weighted by molar-refractivity contribution is 0.0842. The first-order valence-electron chi connectivity index (χ1n) is 5.71. The summed E-state index contributed by atoms with van der Waals surface area (Å²) in [4.78, 5) is 26.2. The van der Waals surface area contributed by atoms with Crippen LogP contribution in [0.2, 0.25) is 0 Å². The number of benzene rings is 1. The topological polar surface area (TPSA) is 94.2 Å². The van der Waals surface area contributed by atoms with Gasteiger partial charge < -0.3 is 10.1 Å². The molecule has 0 fully saturated rings. The van der Waals surface area contributed by atoms with E-state index in [0.29, 0.717) is 5.69 Å². The summed E-state index contributed by atoms with van der Waals surface area (Å²) in [6.07, 6.45) is 1.60. The van der Waals surface area contributed by atoms with E-state index in [1.165, 1.54) is 12.1 Å². The Morgan fingerprint density at radius 3 is 2.50 bits per heavy atom. The summed E-state index contributed by atoms with van der Waals surface area (Å²) in [6.45, 7) is 1.80. The first-order valence-corrected chi connectivity index (χ1v) is 6.51. The van der Waals surface area contributed by atoms with Gasteiger partial charge in [0.1, 0.15) is 11.4 Å². The van der Waals surface area contributed by atoms with Crippen molar-refractivity contribution in [2.75, 3.05) is 0 Å². The van der Waals surface area contributed by atoms with Gasteiger partial charge in [0.25, 0.3) is 11.8 Å². The highest BCUT2D eigenvalue weighted by atomic mass is 79.9. The Morgan fingerprint density at radius 2 is 1.90 bits per heavy atom. The Kier molecular flexibility index (Phi) is 4.09. The fraction of sp³-hybridized carbons (Fsp3) is 0.0769. The molecule has 0 saturated heterocycles. The Hall–Kier alpha value is -2.28. The molecule has 2 rings (SSSR count). The number of H-pyrrole nitrogens is 1. The highest BCUT2D eigenvalue weighted by Crippen LogP contribution is 2.17. The van der Waals surface area contributed by atoms with Crippen LogP contribution in [0.4, 0.5) is 0 Å². The van der Waals surface area contributed by atoms with Crippen molar-refractivity contribution in [1.82, 2.24) is 15.8 Å². The number of carbonyl (C=O) groups is 2. The molecule has 6 nitrogen and oxygen atoms in total. The molecular weight excluding hydrogens is 326 g/mol. The van der Waals surface area contributed by atoms with Gasteiger partial charge in [-0.3, -0.25) is 20.4 Å². The minimum Gasteiger partial charge on any atom is -0.507 e. The molecule has 0 aliphatic heterocycles. The third-order valence-corrected chi connectivity index (χ3v) is 3.04. The normalized spacial score (nSPS) is 10.1. The molecule has 0 atom stereocenters. The van der Waals surface area contributed by atoms with Crippen LogP contribution in [0, 0.1) is 6.92 Å². The molecule has 0 radical (unpaired) electrons. The van der Waals surface area contributed by atoms with Gasteiger partial charge in [-0.2, -0.15) is 0 Å². The van der Waals surface area contributed by atoms with Crippen LogP contribution in [0.1, 0.15) is 26.4 Å². The first-order chi connectivity index (χ1) is 9.47. The SMILES string of the molecule is Cc1ccc(C(=O)NNC(=O)c2cc(Br)c[nH]2)c(O)c1. The summed E-state index contributed by atoms with van der Waals surface area (Å²) in [5, 5.41) is 9.66. The van der Waals surface area contributed by atoms with E-state index in [-0.39, 0.29) is 11.3 Å². The molecule has 0 unspecified atom stereocenters. The monoisotopic (exact) mass is 337 g/mol. The van der Waals surface area contributed by atoms with E-state index in [2.05, 4.69) is 31.8 Å². The largest absolute Gasteiger partial charge is 0.507 e. The van der Waals surface area contributed by atoms with E-state index in [1.807, 2.05) is 0 Å². The molecule has 20 heavy (non-hydrogen) atoms. The van der Waals surface area contributed by atoms with Gasteiger partial charge in [-0.1, -0.05) is 6.07 Å². The fourth-order valence-corrected chi connectivity index (χ4v) is 1.92. The molecule has 2 amide bonds. The van der Waals surface area contributed by atoms with Gasteiger partial charge in [0, 0.05) is 10.7 Å². The Labute approximate surface area is 123 Å². The zero-order valence-corrected chi connectivity index (χ0v) is 12.1. The van der Waals surface area contributed by atoms with E-state index in [4.69, 9.17) is 0 Å². The average molecular weight is 338 g/mol. The first kappa shape index (κ1) is 14.1. The number of nitrogens with one attached hydrogen (secondary N) is 3. The summed E-state index contributed by atoms with van der Waals surface area (Å²) in [7, 11) is 0. The number of hydrazine groups is 1. The summed E-state index contributed by atoms with van der Waals surface area (Å²) < 4.78 is 0.727. The fourth-order valence-electron chi connectivity index (χ4n) is 1.58. The molecule has 0 aliphatic rings. The molecule has 1 heterocycles. The van der Waals surface area contributed by atoms with Gasteiger partial charge in [0.05, 0.1) is 5.56 Å². The molecular formula is C13H12BrN3O3. The van der Waals surface area contributed by atoms with Crippen molar-refractivity contribution in [1.29, 1.82) is 0 Å². The van der Waals surface area contributed by atoms with Gasteiger partial charge in [-0.25, -0.2) is 0 Å². The third-order valence-electron chi connectivity index (χ3n) is 2.58. The summed E-state index contributed by atoms with van der Waals surface area (Å²) >= 11 is 3.20. The van der Waals surface area contributed by atoms with Crippen molar-refractivity contribution in [3.8, 4) is 5.75 Å². The zero-order valence-electron chi connectivity index (χ0n) is 10.5. The molecule has 104 valence electrons. The van der Waals surface area contributed by atoms with Crippen LogP contribution in [0.3, 0.4) is 0 Å². The lowest BCUT2D eigenvalue weighted by Crippen LogP contribution is -2.41. The lowest BCUT2D eigenvalue weighted by atomic mass is 10.1. The second-order valence-corrected chi connectivity index (χ2v) is 5.08. The number of rotatable bonds is 2. The lowest BCUT2D eigenvalue weighted by Gasteiger charge is -2.08. The van der Waals surface area contributed by atoms with Gasteiger partial charge in [-0.05, 0) is 46.6 Å². The third kappa shape index (κ3) is 3.18. The number of halogens is 1. The number of aromatic hydroxyl groups is 1. The Balaban J connectivity index is 2.00. The number of hydrogen-bond acceptors (Lipinski definition) is 3. The number of carbonyl (C=O) groups excluding carboxylic acids is 2. The van der Waals surface area contributed by atoms with Crippen molar-refractivity contribution in [2.24, 2.45) is 0 Å². The van der Waals surface area contributed by atoms with Crippen molar-refractivity contribution in [3.05, 3.63) is 51.8 Å². The Bertz CT molecular complexity index is 667. The van der Waals surface area contributed by atoms with Crippen molar-refractivity contribution < 1.29 is 14.7 Å². The minimum absolute atomic E-state index is 0.0866. The summed E-state index contributed by atoms with van der Waals surface area (Å²) in [6, 6.07) is 6.22. The number of aromatic nitrogens is 1. The van der Waals surface area contributed by atoms with Crippen molar-refractivity contribution in [2.45, 2.75) is 6.92 Å². The van der Waals surface area contributed by atoms with E-state index >= 15 is 0 Å². The number of phenolic OH excluding ortho intramolecular Hbond substituents is 1. The summed E-state index contributed by atoms with van der Waals surface area (Å²) in [5.74, 6) is -1.23. The quantitative estimate of drug-likeness (QED) is 0.630. The van der Waals surface area contributed by atoms with Crippen molar-refractivity contribution in [3.63, 3.8) is 0 Å². The van der Waals surface area contributed by atoms with Crippen LogP contribution in [0.15, 0.2) is 34.9 Å². The molecule has 0 bridgehead atoms. The molecule has 0 aliphatic carbocycles.